The fraction of sp³-hybridized carbons (Fsp3) is 0.294. The number of rotatable bonds is 3. The van der Waals surface area contributed by atoms with Crippen molar-refractivity contribution in [1.29, 1.82) is 0 Å². The van der Waals surface area contributed by atoms with Crippen LogP contribution in [-0.4, -0.2) is 35.0 Å². The molecule has 26 heavy (non-hydrogen) atoms. The molecule has 1 saturated heterocycles. The van der Waals surface area contributed by atoms with Crippen molar-refractivity contribution in [3.63, 3.8) is 0 Å². The first-order valence-electron chi connectivity index (χ1n) is 7.96. The number of fused-ring (bicyclic) bond motifs is 1. The maximum atomic E-state index is 13.7. The van der Waals surface area contributed by atoms with E-state index in [0.717, 1.165) is 21.2 Å². The van der Waals surface area contributed by atoms with Gasteiger partial charge in [-0.2, -0.15) is 4.98 Å². The third kappa shape index (κ3) is 3.60. The smallest absolute Gasteiger partial charge is 0.274 e. The number of hydrogen-bond acceptors (Lipinski definition) is 5. The molecule has 0 aliphatic carbocycles. The van der Waals surface area contributed by atoms with Crippen LogP contribution >= 0.6 is 38.6 Å². The molecule has 3 heterocycles. The second kappa shape index (κ2) is 7.21. The summed E-state index contributed by atoms with van der Waals surface area (Å²) < 4.78 is 34.2. The number of carbonyl (C=O) groups excluding carboxylic acids is 1. The van der Waals surface area contributed by atoms with Gasteiger partial charge in [0, 0.05) is 32.0 Å². The summed E-state index contributed by atoms with van der Waals surface area (Å²) in [5.74, 6) is -1.29. The van der Waals surface area contributed by atoms with Crippen LogP contribution in [0.2, 0.25) is 0 Å². The average molecular weight is 459 g/mol. The highest BCUT2D eigenvalue weighted by Gasteiger charge is 2.26. The molecule has 1 aliphatic rings. The highest BCUT2D eigenvalue weighted by molar-refractivity contribution is 9.11. The molecule has 4 nitrogen and oxygen atoms in total. The van der Waals surface area contributed by atoms with Crippen molar-refractivity contribution in [3.05, 3.63) is 44.6 Å². The second-order valence-corrected chi connectivity index (χ2v) is 9.38. The molecule has 136 valence electrons. The fourth-order valence-electron chi connectivity index (χ4n) is 2.89. The molecule has 3 aromatic rings. The van der Waals surface area contributed by atoms with Crippen molar-refractivity contribution < 1.29 is 18.3 Å². The molecule has 1 fully saturated rings. The summed E-state index contributed by atoms with van der Waals surface area (Å²) in [5.41, 5.74) is 0.127. The normalized spacial score (nSPS) is 15.6. The van der Waals surface area contributed by atoms with Crippen molar-refractivity contribution in [2.75, 3.05) is 13.1 Å². The standard InChI is InChI=1S/C17H13BrF2N2O2S2/c18-14-2-1-12(25-14)16(23)22-5-3-10(4-6-22)24-17-21-15-11(20)7-9(19)8-13(15)26-17/h1-2,7-8,10H,3-6H2. The van der Waals surface area contributed by atoms with Crippen LogP contribution in [0.5, 0.6) is 5.19 Å². The van der Waals surface area contributed by atoms with Gasteiger partial charge in [0.25, 0.3) is 11.1 Å². The van der Waals surface area contributed by atoms with E-state index in [4.69, 9.17) is 4.74 Å². The molecular weight excluding hydrogens is 446 g/mol. The van der Waals surface area contributed by atoms with Gasteiger partial charge in [-0.15, -0.1) is 11.3 Å². The molecule has 0 unspecified atom stereocenters. The summed E-state index contributed by atoms with van der Waals surface area (Å²) in [4.78, 5) is 19.1. The Kier molecular flexibility index (Phi) is 4.94. The fourth-order valence-corrected chi connectivity index (χ4v) is 5.17. The minimum atomic E-state index is -0.686. The first-order valence-corrected chi connectivity index (χ1v) is 10.4. The number of likely N-dealkylation sites (tertiary alicyclic amines) is 1. The predicted molar refractivity (Wildman–Crippen MR) is 101 cm³/mol. The van der Waals surface area contributed by atoms with Crippen LogP contribution in [0.15, 0.2) is 28.1 Å². The van der Waals surface area contributed by atoms with Crippen LogP contribution in [-0.2, 0) is 0 Å². The van der Waals surface area contributed by atoms with Gasteiger partial charge < -0.3 is 9.64 Å². The zero-order valence-corrected chi connectivity index (χ0v) is 16.6. The van der Waals surface area contributed by atoms with E-state index in [9.17, 15) is 13.6 Å². The van der Waals surface area contributed by atoms with Gasteiger partial charge in [-0.1, -0.05) is 11.3 Å². The Morgan fingerprint density at radius 3 is 2.69 bits per heavy atom. The molecule has 0 spiro atoms. The topological polar surface area (TPSA) is 42.4 Å². The van der Waals surface area contributed by atoms with Crippen LogP contribution in [0.3, 0.4) is 0 Å². The molecule has 1 aliphatic heterocycles. The van der Waals surface area contributed by atoms with Crippen molar-refractivity contribution in [2.24, 2.45) is 0 Å². The number of thiophene rings is 1. The average Bonchev–Trinajstić information content (AvgIpc) is 3.21. The molecular formula is C17H13BrF2N2O2S2. The molecule has 4 rings (SSSR count). The number of hydrogen-bond donors (Lipinski definition) is 0. The van der Waals surface area contributed by atoms with Gasteiger partial charge >= 0.3 is 0 Å². The lowest BCUT2D eigenvalue weighted by Crippen LogP contribution is -2.41. The van der Waals surface area contributed by atoms with E-state index in [0.29, 0.717) is 40.7 Å². The quantitative estimate of drug-likeness (QED) is 0.549. The maximum absolute atomic E-state index is 13.7. The monoisotopic (exact) mass is 458 g/mol. The summed E-state index contributed by atoms with van der Waals surface area (Å²) in [5, 5.41) is 0.330. The van der Waals surface area contributed by atoms with Crippen LogP contribution in [0, 0.1) is 11.6 Å². The second-order valence-electron chi connectivity index (χ2n) is 5.93. The number of thiazole rings is 1. The lowest BCUT2D eigenvalue weighted by Gasteiger charge is -2.31. The lowest BCUT2D eigenvalue weighted by atomic mass is 10.1. The minimum absolute atomic E-state index is 0.0247. The van der Waals surface area contributed by atoms with E-state index in [-0.39, 0.29) is 17.5 Å². The molecule has 0 N–H and O–H groups in total. The Morgan fingerprint density at radius 2 is 2.00 bits per heavy atom. The number of ether oxygens (including phenoxy) is 1. The van der Waals surface area contributed by atoms with Gasteiger partial charge in [-0.05, 0) is 34.1 Å². The first kappa shape index (κ1) is 17.8. The number of piperidine rings is 1. The van der Waals surface area contributed by atoms with Crippen LogP contribution in [0.1, 0.15) is 22.5 Å². The first-order chi connectivity index (χ1) is 12.5. The van der Waals surface area contributed by atoms with Crippen LogP contribution in [0.25, 0.3) is 10.2 Å². The summed E-state index contributed by atoms with van der Waals surface area (Å²) >= 11 is 5.91. The van der Waals surface area contributed by atoms with Gasteiger partial charge in [0.1, 0.15) is 17.4 Å². The molecule has 0 atom stereocenters. The van der Waals surface area contributed by atoms with Crippen LogP contribution < -0.4 is 4.74 Å². The largest absolute Gasteiger partial charge is 0.467 e. The zero-order chi connectivity index (χ0) is 18.3. The number of halogens is 3. The number of amides is 1. The Balaban J connectivity index is 1.39. The van der Waals surface area contributed by atoms with Gasteiger partial charge in [0.15, 0.2) is 5.82 Å². The minimum Gasteiger partial charge on any atom is -0.467 e. The van der Waals surface area contributed by atoms with Gasteiger partial charge in [0.2, 0.25) is 0 Å². The molecule has 0 saturated carbocycles. The molecule has 0 radical (unpaired) electrons. The van der Waals surface area contributed by atoms with Crippen molar-refractivity contribution in [2.45, 2.75) is 18.9 Å². The van der Waals surface area contributed by atoms with Crippen LogP contribution in [0.4, 0.5) is 8.78 Å². The third-order valence-electron chi connectivity index (χ3n) is 4.17. The maximum Gasteiger partial charge on any atom is 0.274 e. The van der Waals surface area contributed by atoms with E-state index in [1.807, 2.05) is 17.0 Å². The molecule has 0 bridgehead atoms. The number of benzene rings is 1. The number of nitrogens with zero attached hydrogens (tertiary/aromatic N) is 2. The zero-order valence-electron chi connectivity index (χ0n) is 13.4. The third-order valence-corrected chi connectivity index (χ3v) is 6.68. The van der Waals surface area contributed by atoms with Crippen molar-refractivity contribution >= 4 is 54.7 Å². The molecule has 9 heteroatoms. The highest BCUT2D eigenvalue weighted by atomic mass is 79.9. The van der Waals surface area contributed by atoms with Crippen molar-refractivity contribution in [3.8, 4) is 5.19 Å². The SMILES string of the molecule is O=C(c1ccc(Br)s1)N1CCC(Oc2nc3c(F)cc(F)cc3s2)CC1. The molecule has 1 aromatic carbocycles. The Labute approximate surface area is 164 Å². The summed E-state index contributed by atoms with van der Waals surface area (Å²) in [7, 11) is 0. The highest BCUT2D eigenvalue weighted by Crippen LogP contribution is 2.32. The van der Waals surface area contributed by atoms with Gasteiger partial charge in [-0.3, -0.25) is 4.79 Å². The Morgan fingerprint density at radius 1 is 1.23 bits per heavy atom. The van der Waals surface area contributed by atoms with E-state index < -0.39 is 11.6 Å². The van der Waals surface area contributed by atoms with Crippen molar-refractivity contribution in [1.82, 2.24) is 9.88 Å². The Hall–Kier alpha value is -1.58. The summed E-state index contributed by atoms with van der Waals surface area (Å²) in [6.45, 7) is 1.18. The van der Waals surface area contributed by atoms with E-state index in [1.54, 1.807) is 0 Å². The predicted octanol–water partition coefficient (Wildman–Crippen LogP) is 5.08. The number of carbonyl (C=O) groups is 1. The van der Waals surface area contributed by atoms with E-state index in [2.05, 4.69) is 20.9 Å². The summed E-state index contributed by atoms with van der Waals surface area (Å²) in [6, 6.07) is 5.75. The van der Waals surface area contributed by atoms with E-state index in [1.165, 1.54) is 17.4 Å². The Bertz CT molecular complexity index is 967. The van der Waals surface area contributed by atoms with Gasteiger partial charge in [-0.25, -0.2) is 8.78 Å². The van der Waals surface area contributed by atoms with Gasteiger partial charge in [0.05, 0.1) is 13.4 Å². The molecule has 2 aromatic heterocycles. The molecule has 1 amide bonds. The summed E-state index contributed by atoms with van der Waals surface area (Å²) in [6.07, 6.45) is 1.25. The van der Waals surface area contributed by atoms with E-state index >= 15 is 0 Å². The number of aromatic nitrogens is 1. The lowest BCUT2D eigenvalue weighted by molar-refractivity contribution is 0.0600.